The summed E-state index contributed by atoms with van der Waals surface area (Å²) in [5.41, 5.74) is 0. The van der Waals surface area contributed by atoms with Crippen molar-refractivity contribution >= 4 is 27.4 Å². The number of sulfonamides is 1. The Hall–Kier alpha value is -1.60. The zero-order chi connectivity index (χ0) is 12.5. The van der Waals surface area contributed by atoms with Crippen LogP contribution in [-0.4, -0.2) is 23.2 Å². The lowest BCUT2D eigenvalue weighted by atomic mass is 10.5. The SMILES string of the molecule is Cn1cc(S(=O)(=O)Nc2ncccc2Cl)cn1. The van der Waals surface area contributed by atoms with Crippen LogP contribution in [0.25, 0.3) is 0 Å². The first-order valence-electron chi connectivity index (χ1n) is 4.61. The molecule has 0 saturated carbocycles. The maximum Gasteiger partial charge on any atom is 0.266 e. The van der Waals surface area contributed by atoms with E-state index in [-0.39, 0.29) is 15.7 Å². The van der Waals surface area contributed by atoms with Crippen molar-refractivity contribution in [2.75, 3.05) is 4.72 Å². The summed E-state index contributed by atoms with van der Waals surface area (Å²) in [4.78, 5) is 3.90. The van der Waals surface area contributed by atoms with E-state index >= 15 is 0 Å². The Labute approximate surface area is 103 Å². The van der Waals surface area contributed by atoms with Gasteiger partial charge in [0.1, 0.15) is 4.90 Å². The number of anilines is 1. The Balaban J connectivity index is 2.33. The molecule has 2 aromatic rings. The predicted molar refractivity (Wildman–Crippen MR) is 63.3 cm³/mol. The molecule has 0 atom stereocenters. The van der Waals surface area contributed by atoms with Gasteiger partial charge in [0.25, 0.3) is 10.0 Å². The molecular formula is C9H9ClN4O2S. The van der Waals surface area contributed by atoms with Crippen LogP contribution in [0.5, 0.6) is 0 Å². The number of nitrogens with zero attached hydrogens (tertiary/aromatic N) is 3. The second-order valence-corrected chi connectivity index (χ2v) is 5.38. The molecule has 2 heterocycles. The van der Waals surface area contributed by atoms with Gasteiger partial charge in [-0.25, -0.2) is 13.4 Å². The number of pyridine rings is 1. The van der Waals surface area contributed by atoms with Gasteiger partial charge in [-0.15, -0.1) is 0 Å². The van der Waals surface area contributed by atoms with Crippen LogP contribution in [0.1, 0.15) is 0 Å². The first-order chi connectivity index (χ1) is 7.99. The molecule has 2 rings (SSSR count). The minimum Gasteiger partial charge on any atom is -0.274 e. The van der Waals surface area contributed by atoms with Gasteiger partial charge in [-0.1, -0.05) is 11.6 Å². The molecule has 0 aliphatic rings. The van der Waals surface area contributed by atoms with E-state index in [1.54, 1.807) is 19.2 Å². The molecule has 8 heteroatoms. The second kappa shape index (κ2) is 4.34. The van der Waals surface area contributed by atoms with Gasteiger partial charge in [0.2, 0.25) is 0 Å². The van der Waals surface area contributed by atoms with E-state index in [0.29, 0.717) is 0 Å². The summed E-state index contributed by atoms with van der Waals surface area (Å²) in [6, 6.07) is 3.17. The molecule has 0 fully saturated rings. The van der Waals surface area contributed by atoms with Crippen molar-refractivity contribution in [2.24, 2.45) is 7.05 Å². The van der Waals surface area contributed by atoms with Crippen LogP contribution in [0.2, 0.25) is 5.02 Å². The Kier molecular flexibility index (Phi) is 3.03. The lowest BCUT2D eigenvalue weighted by Crippen LogP contribution is -2.13. The standard InChI is InChI=1S/C9H9ClN4O2S/c1-14-6-7(5-12-14)17(15,16)13-9-8(10)3-2-4-11-9/h2-6H,1H3,(H,11,13). The molecule has 0 saturated heterocycles. The highest BCUT2D eigenvalue weighted by Crippen LogP contribution is 2.20. The van der Waals surface area contributed by atoms with Crippen molar-refractivity contribution in [1.29, 1.82) is 0 Å². The molecule has 90 valence electrons. The summed E-state index contributed by atoms with van der Waals surface area (Å²) in [6.07, 6.45) is 4.09. The van der Waals surface area contributed by atoms with E-state index in [1.165, 1.54) is 23.3 Å². The molecule has 0 unspecified atom stereocenters. The highest BCUT2D eigenvalue weighted by Gasteiger charge is 2.17. The lowest BCUT2D eigenvalue weighted by molar-refractivity contribution is 0.601. The quantitative estimate of drug-likeness (QED) is 0.913. The minimum absolute atomic E-state index is 0.0571. The Bertz CT molecular complexity index is 638. The zero-order valence-electron chi connectivity index (χ0n) is 8.83. The largest absolute Gasteiger partial charge is 0.274 e. The Morgan fingerprint density at radius 3 is 2.82 bits per heavy atom. The van der Waals surface area contributed by atoms with Gasteiger partial charge < -0.3 is 0 Å². The van der Waals surface area contributed by atoms with Crippen LogP contribution >= 0.6 is 11.6 Å². The third-order valence-corrected chi connectivity index (χ3v) is 3.58. The fraction of sp³-hybridized carbons (Fsp3) is 0.111. The maximum absolute atomic E-state index is 11.9. The highest BCUT2D eigenvalue weighted by atomic mass is 35.5. The molecule has 0 radical (unpaired) electrons. The smallest absolute Gasteiger partial charge is 0.266 e. The Morgan fingerprint density at radius 2 is 2.24 bits per heavy atom. The number of hydrogen-bond donors (Lipinski definition) is 1. The molecular weight excluding hydrogens is 264 g/mol. The van der Waals surface area contributed by atoms with Gasteiger partial charge in [0.15, 0.2) is 5.82 Å². The van der Waals surface area contributed by atoms with Gasteiger partial charge >= 0.3 is 0 Å². The average Bonchev–Trinajstić information content (AvgIpc) is 2.69. The number of halogens is 1. The van der Waals surface area contributed by atoms with E-state index in [4.69, 9.17) is 11.6 Å². The van der Waals surface area contributed by atoms with E-state index in [2.05, 4.69) is 14.8 Å². The average molecular weight is 273 g/mol. The molecule has 6 nitrogen and oxygen atoms in total. The third kappa shape index (κ3) is 2.56. The summed E-state index contributed by atoms with van der Waals surface area (Å²) in [5, 5.41) is 4.03. The number of rotatable bonds is 3. The summed E-state index contributed by atoms with van der Waals surface area (Å²) in [5.74, 6) is 0.0954. The van der Waals surface area contributed by atoms with Crippen molar-refractivity contribution < 1.29 is 8.42 Å². The molecule has 0 aliphatic carbocycles. The minimum atomic E-state index is -3.70. The van der Waals surface area contributed by atoms with Crippen LogP contribution in [0.3, 0.4) is 0 Å². The monoisotopic (exact) mass is 272 g/mol. The molecule has 0 aromatic carbocycles. The number of aromatic nitrogens is 3. The number of nitrogens with one attached hydrogen (secondary N) is 1. The molecule has 0 spiro atoms. The molecule has 0 bridgehead atoms. The van der Waals surface area contributed by atoms with Crippen LogP contribution < -0.4 is 4.72 Å². The van der Waals surface area contributed by atoms with Gasteiger partial charge in [0, 0.05) is 19.4 Å². The highest BCUT2D eigenvalue weighted by molar-refractivity contribution is 7.92. The van der Waals surface area contributed by atoms with Crippen LogP contribution in [0.4, 0.5) is 5.82 Å². The van der Waals surface area contributed by atoms with Crippen molar-refractivity contribution in [1.82, 2.24) is 14.8 Å². The summed E-state index contributed by atoms with van der Waals surface area (Å²) >= 11 is 5.81. The van der Waals surface area contributed by atoms with Gasteiger partial charge in [0.05, 0.1) is 11.2 Å². The van der Waals surface area contributed by atoms with E-state index < -0.39 is 10.0 Å². The van der Waals surface area contributed by atoms with Gasteiger partial charge in [-0.05, 0) is 12.1 Å². The van der Waals surface area contributed by atoms with Crippen molar-refractivity contribution in [3.8, 4) is 0 Å². The first kappa shape index (κ1) is 11.9. The normalized spacial score (nSPS) is 11.4. The van der Waals surface area contributed by atoms with Crippen molar-refractivity contribution in [3.63, 3.8) is 0 Å². The lowest BCUT2D eigenvalue weighted by Gasteiger charge is -2.05. The Morgan fingerprint density at radius 1 is 1.47 bits per heavy atom. The first-order valence-corrected chi connectivity index (χ1v) is 6.47. The van der Waals surface area contributed by atoms with Crippen LogP contribution in [-0.2, 0) is 17.1 Å². The molecule has 2 aromatic heterocycles. The summed E-state index contributed by atoms with van der Waals surface area (Å²) < 4.78 is 27.5. The van der Waals surface area contributed by atoms with Crippen molar-refractivity contribution in [2.45, 2.75) is 4.90 Å². The van der Waals surface area contributed by atoms with Gasteiger partial charge in [-0.2, -0.15) is 5.10 Å². The summed E-state index contributed by atoms with van der Waals surface area (Å²) in [6.45, 7) is 0. The number of aryl methyl sites for hydroxylation is 1. The third-order valence-electron chi connectivity index (χ3n) is 1.98. The number of hydrogen-bond acceptors (Lipinski definition) is 4. The maximum atomic E-state index is 11.9. The van der Waals surface area contributed by atoms with Gasteiger partial charge in [-0.3, -0.25) is 9.40 Å². The van der Waals surface area contributed by atoms with E-state index in [0.717, 1.165) is 0 Å². The zero-order valence-corrected chi connectivity index (χ0v) is 10.4. The fourth-order valence-electron chi connectivity index (χ4n) is 1.18. The summed E-state index contributed by atoms with van der Waals surface area (Å²) in [7, 11) is -2.06. The van der Waals surface area contributed by atoms with E-state index in [9.17, 15) is 8.42 Å². The second-order valence-electron chi connectivity index (χ2n) is 3.29. The topological polar surface area (TPSA) is 76.9 Å². The van der Waals surface area contributed by atoms with Crippen molar-refractivity contribution in [3.05, 3.63) is 35.7 Å². The van der Waals surface area contributed by atoms with Crippen LogP contribution in [0.15, 0.2) is 35.6 Å². The molecule has 17 heavy (non-hydrogen) atoms. The van der Waals surface area contributed by atoms with Crippen LogP contribution in [0, 0.1) is 0 Å². The molecule has 1 N–H and O–H groups in total. The molecule has 0 amide bonds. The predicted octanol–water partition coefficient (Wildman–Crippen LogP) is 1.27. The van der Waals surface area contributed by atoms with E-state index in [1.807, 2.05) is 0 Å². The molecule has 0 aliphatic heterocycles. The fourth-order valence-corrected chi connectivity index (χ4v) is 2.42.